The summed E-state index contributed by atoms with van der Waals surface area (Å²) in [6.45, 7) is 0. The van der Waals surface area contributed by atoms with Gasteiger partial charge >= 0.3 is 45.6 Å². The summed E-state index contributed by atoms with van der Waals surface area (Å²) in [6.07, 6.45) is 0. The maximum atomic E-state index is 9.22. The second-order valence-corrected chi connectivity index (χ2v) is 1.15. The Kier molecular flexibility index (Phi) is 7.28. The van der Waals surface area contributed by atoms with Crippen molar-refractivity contribution in [3.05, 3.63) is 4.91 Å². The standard InChI is InChI=1S/H2NO5S.Na.H/c2-1(3)6-7(4)5;;/h7H,(H,2,3);;/q+1;;. The number of rotatable bonds is 2. The van der Waals surface area contributed by atoms with E-state index in [9.17, 15) is 8.42 Å². The van der Waals surface area contributed by atoms with E-state index >= 15 is 0 Å². The molecule has 0 amide bonds. The summed E-state index contributed by atoms with van der Waals surface area (Å²) in [5.74, 6) is 0. The van der Waals surface area contributed by atoms with Crippen molar-refractivity contribution < 1.29 is 23.0 Å². The quantitative estimate of drug-likeness (QED) is 0.270. The summed E-state index contributed by atoms with van der Waals surface area (Å²) >= 11 is 0. The van der Waals surface area contributed by atoms with Crippen LogP contribution >= 0.6 is 0 Å². The molecule has 0 fully saturated rings. The second-order valence-electron chi connectivity index (χ2n) is 0.543. The number of hydrogen-bond acceptors (Lipinski definition) is 4. The molecule has 0 aromatic rings. The van der Waals surface area contributed by atoms with Gasteiger partial charge in [-0.1, -0.05) is 4.28 Å². The third-order valence-corrected chi connectivity index (χ3v) is 0.410. The van der Waals surface area contributed by atoms with E-state index in [-0.39, 0.29) is 29.6 Å². The van der Waals surface area contributed by atoms with Gasteiger partial charge in [-0.3, -0.25) is 0 Å². The van der Waals surface area contributed by atoms with Gasteiger partial charge in [0, 0.05) is 0 Å². The molecule has 0 aromatic heterocycles. The molecule has 0 aliphatic heterocycles. The minimum atomic E-state index is -3.28. The van der Waals surface area contributed by atoms with Crippen LogP contribution in [0.15, 0.2) is 0 Å². The van der Waals surface area contributed by atoms with Crippen molar-refractivity contribution in [3.63, 3.8) is 0 Å². The first-order valence-electron chi connectivity index (χ1n) is 1.11. The van der Waals surface area contributed by atoms with Crippen molar-refractivity contribution in [2.75, 3.05) is 0 Å². The molecule has 8 heavy (non-hydrogen) atoms. The summed E-state index contributed by atoms with van der Waals surface area (Å²) in [5.41, 5.74) is 0. The molecular weight excluding hydrogens is 149 g/mol. The van der Waals surface area contributed by atoms with Crippen LogP contribution < -0.4 is 0 Å². The molecule has 0 aromatic carbocycles. The Morgan fingerprint density at radius 1 is 1.50 bits per heavy atom. The fraction of sp³-hybridized carbons (Fsp3) is 0. The van der Waals surface area contributed by atoms with Crippen molar-refractivity contribution in [2.24, 2.45) is 0 Å². The van der Waals surface area contributed by atoms with E-state index in [1.54, 1.807) is 0 Å². The first-order chi connectivity index (χ1) is 3.13. The molecule has 0 bridgehead atoms. The molecule has 6 nitrogen and oxygen atoms in total. The summed E-state index contributed by atoms with van der Waals surface area (Å²) in [6, 6.07) is 0. The van der Waals surface area contributed by atoms with Crippen LogP contribution in [0.3, 0.4) is 0 Å². The summed E-state index contributed by atoms with van der Waals surface area (Å²) in [7, 11) is -3.28. The van der Waals surface area contributed by atoms with Gasteiger partial charge in [0.1, 0.15) is 4.91 Å². The van der Waals surface area contributed by atoms with Crippen LogP contribution in [-0.2, 0) is 15.3 Å². The van der Waals surface area contributed by atoms with Crippen LogP contribution in [0.25, 0.3) is 0 Å². The Balaban J connectivity index is 0. The van der Waals surface area contributed by atoms with Gasteiger partial charge in [-0.25, -0.2) is 0 Å². The van der Waals surface area contributed by atoms with Crippen molar-refractivity contribution in [3.8, 4) is 0 Å². The molecule has 0 aliphatic carbocycles. The fourth-order valence-electron chi connectivity index (χ4n) is 0.0570. The minimum absolute atomic E-state index is 0. The zero-order valence-corrected chi connectivity index (χ0v) is 3.87. The van der Waals surface area contributed by atoms with Crippen molar-refractivity contribution in [2.45, 2.75) is 0 Å². The number of nitrogens with zero attached hydrogens (tertiary/aromatic N) is 1. The summed E-state index contributed by atoms with van der Waals surface area (Å²) in [4.78, 5) is 9.12. The molecule has 8 heteroatoms. The van der Waals surface area contributed by atoms with Crippen LogP contribution in [0.5, 0.6) is 0 Å². The number of thiol groups is 1. The predicted octanol–water partition coefficient (Wildman–Crippen LogP) is -2.04. The Morgan fingerprint density at radius 3 is 1.88 bits per heavy atom. The monoisotopic (exact) mass is 152 g/mol. The van der Waals surface area contributed by atoms with E-state index in [0.717, 1.165) is 0 Å². The molecule has 44 valence electrons. The molecule has 1 N–H and O–H groups in total. The van der Waals surface area contributed by atoms with Gasteiger partial charge in [0.2, 0.25) is 0 Å². The van der Waals surface area contributed by atoms with Crippen LogP contribution in [-0.4, -0.2) is 48.3 Å². The van der Waals surface area contributed by atoms with Gasteiger partial charge in [-0.05, 0) is 0 Å². The molecule has 0 aliphatic rings. The first-order valence-corrected chi connectivity index (χ1v) is 2.21. The van der Waals surface area contributed by atoms with Crippen LogP contribution in [0.4, 0.5) is 0 Å². The third kappa shape index (κ3) is 9.47. The van der Waals surface area contributed by atoms with Gasteiger partial charge in [-0.15, -0.1) is 0 Å². The van der Waals surface area contributed by atoms with Crippen LogP contribution in [0.1, 0.15) is 0 Å². The molecule has 0 saturated carbocycles. The van der Waals surface area contributed by atoms with Gasteiger partial charge in [0.25, 0.3) is 0 Å². The molecule has 0 saturated heterocycles. The summed E-state index contributed by atoms with van der Waals surface area (Å²) in [5, 5.41) is 6.25. The third-order valence-electron chi connectivity index (χ3n) is 0.137. The Bertz CT molecular complexity index is 129. The van der Waals surface area contributed by atoms with E-state index in [2.05, 4.69) is 4.28 Å². The predicted molar refractivity (Wildman–Crippen MR) is 24.0 cm³/mol. The average Bonchev–Trinajstić information content (AvgIpc) is 1.27. The maximum absolute atomic E-state index is 9.22. The van der Waals surface area contributed by atoms with E-state index in [4.69, 9.17) is 10.1 Å². The van der Waals surface area contributed by atoms with Crippen molar-refractivity contribution in [1.82, 2.24) is 0 Å². The topological polar surface area (TPSA) is 83.7 Å². The Labute approximate surface area is 68.4 Å². The van der Waals surface area contributed by atoms with Gasteiger partial charge in [0.05, 0.1) is 0 Å². The summed E-state index contributed by atoms with van der Waals surface area (Å²) < 4.78 is 21.5. The molecule has 0 radical (unpaired) electrons. The van der Waals surface area contributed by atoms with E-state index in [0.29, 0.717) is 0 Å². The molecule has 0 heterocycles. The zero-order chi connectivity index (χ0) is 5.86. The van der Waals surface area contributed by atoms with Crippen LogP contribution in [0.2, 0.25) is 0 Å². The van der Waals surface area contributed by atoms with Gasteiger partial charge in [-0.2, -0.15) is 13.6 Å². The molecular formula is H3NNaO5S+. The van der Waals surface area contributed by atoms with Crippen LogP contribution in [0, 0.1) is 4.91 Å². The van der Waals surface area contributed by atoms with Crippen molar-refractivity contribution >= 4 is 40.5 Å². The second kappa shape index (κ2) is 5.29. The zero-order valence-electron chi connectivity index (χ0n) is 2.97. The first kappa shape index (κ1) is 11.0. The Morgan fingerprint density at radius 2 is 1.88 bits per heavy atom. The van der Waals surface area contributed by atoms with Gasteiger partial charge < -0.3 is 0 Å². The van der Waals surface area contributed by atoms with Gasteiger partial charge in [0.15, 0.2) is 0 Å². The van der Waals surface area contributed by atoms with E-state index in [1.807, 2.05) is 0 Å². The SMILES string of the molecule is O=[N+](O)O[SH](=O)=O.[NaH]. The average molecular weight is 152 g/mol. The normalized spacial score (nSPS) is 7.62. The van der Waals surface area contributed by atoms with E-state index < -0.39 is 16.1 Å². The fourth-order valence-corrected chi connectivity index (χ4v) is 0.171. The Hall–Kier alpha value is 0.150. The van der Waals surface area contributed by atoms with E-state index in [1.165, 1.54) is 0 Å². The van der Waals surface area contributed by atoms with Crippen molar-refractivity contribution in [1.29, 1.82) is 0 Å². The molecule has 0 unspecified atom stereocenters. The molecule has 0 rings (SSSR count). The molecule has 0 atom stereocenters. The number of hydrogen-bond donors (Lipinski definition) is 2. The molecule has 0 spiro atoms.